The van der Waals surface area contributed by atoms with Gasteiger partial charge in [0.1, 0.15) is 12.4 Å². The van der Waals surface area contributed by atoms with Crippen LogP contribution in [0.25, 0.3) is 5.57 Å². The average Bonchev–Trinajstić information content (AvgIpc) is 2.88. The number of rotatable bonds is 17. The van der Waals surface area contributed by atoms with Crippen molar-refractivity contribution in [2.75, 3.05) is 33.4 Å². The molecule has 2 aromatic rings. The van der Waals surface area contributed by atoms with Crippen LogP contribution in [0.3, 0.4) is 0 Å². The topological polar surface area (TPSA) is 32.7 Å². The van der Waals surface area contributed by atoms with Gasteiger partial charge in [-0.3, -0.25) is 0 Å². The summed E-state index contributed by atoms with van der Waals surface area (Å²) in [6.45, 7) is 11.1. The van der Waals surface area contributed by atoms with Crippen LogP contribution in [0.5, 0.6) is 5.75 Å². The van der Waals surface area contributed by atoms with Crippen molar-refractivity contribution < 1.29 is 9.84 Å². The first-order valence-corrected chi connectivity index (χ1v) is 14.0. The standard InChI is InChI=1S/C31H44BrNO2/c1-5-8-11-25(7-3)30(12-10-23-34)31(26-13-17-28(32)18-14-26)27-15-19-29(20-16-27)35-24-22-33(4)21-9-6-2/h6,13-20,25,34H,2,5,7-12,21-24H2,1,3-4H3/b31-30-. The van der Waals surface area contributed by atoms with Crippen LogP contribution >= 0.6 is 15.9 Å². The second-order valence-electron chi connectivity index (χ2n) is 9.24. The molecule has 0 heterocycles. The molecule has 0 radical (unpaired) electrons. The first-order valence-electron chi connectivity index (χ1n) is 13.2. The van der Waals surface area contributed by atoms with E-state index in [2.05, 4.69) is 96.8 Å². The Morgan fingerprint density at radius 3 is 2.26 bits per heavy atom. The lowest BCUT2D eigenvalue weighted by molar-refractivity contribution is 0.239. The van der Waals surface area contributed by atoms with E-state index >= 15 is 0 Å². The molecule has 1 unspecified atom stereocenters. The fourth-order valence-corrected chi connectivity index (χ4v) is 4.76. The summed E-state index contributed by atoms with van der Waals surface area (Å²) in [5.41, 5.74) is 5.22. The molecule has 0 saturated heterocycles. The van der Waals surface area contributed by atoms with Crippen LogP contribution in [0.4, 0.5) is 0 Å². The Balaban J connectivity index is 2.37. The minimum Gasteiger partial charge on any atom is -0.492 e. The number of aliphatic hydroxyl groups is 1. The predicted octanol–water partition coefficient (Wildman–Crippen LogP) is 8.13. The van der Waals surface area contributed by atoms with Crippen molar-refractivity contribution in [3.05, 3.63) is 82.4 Å². The van der Waals surface area contributed by atoms with E-state index in [1.54, 1.807) is 0 Å². The van der Waals surface area contributed by atoms with Crippen molar-refractivity contribution >= 4 is 21.5 Å². The van der Waals surface area contributed by atoms with Crippen molar-refractivity contribution in [2.24, 2.45) is 5.92 Å². The highest BCUT2D eigenvalue weighted by Gasteiger charge is 2.19. The number of aliphatic hydroxyl groups excluding tert-OH is 1. The Morgan fingerprint density at radius 2 is 1.69 bits per heavy atom. The number of allylic oxidation sites excluding steroid dienone is 1. The third-order valence-corrected chi connectivity index (χ3v) is 7.08. The maximum absolute atomic E-state index is 9.66. The first-order chi connectivity index (χ1) is 17.0. The number of nitrogens with zero attached hydrogens (tertiary/aromatic N) is 1. The number of likely N-dealkylation sites (N-methyl/N-ethyl adjacent to an activating group) is 1. The molecule has 35 heavy (non-hydrogen) atoms. The van der Waals surface area contributed by atoms with Crippen molar-refractivity contribution in [1.82, 2.24) is 4.90 Å². The van der Waals surface area contributed by atoms with Gasteiger partial charge in [0.05, 0.1) is 0 Å². The molecule has 0 fully saturated rings. The fourth-order valence-electron chi connectivity index (χ4n) is 4.49. The highest BCUT2D eigenvalue weighted by molar-refractivity contribution is 9.10. The molecular formula is C31H44BrNO2. The van der Waals surface area contributed by atoms with Gasteiger partial charge in [-0.2, -0.15) is 0 Å². The number of unbranched alkanes of at least 4 members (excludes halogenated alkanes) is 1. The highest BCUT2D eigenvalue weighted by atomic mass is 79.9. The zero-order chi connectivity index (χ0) is 25.5. The van der Waals surface area contributed by atoms with Gasteiger partial charge in [0.15, 0.2) is 0 Å². The number of hydrogen-bond donors (Lipinski definition) is 1. The molecule has 0 aromatic heterocycles. The van der Waals surface area contributed by atoms with Gasteiger partial charge in [0.25, 0.3) is 0 Å². The lowest BCUT2D eigenvalue weighted by Gasteiger charge is -2.24. The van der Waals surface area contributed by atoms with E-state index in [4.69, 9.17) is 4.74 Å². The van der Waals surface area contributed by atoms with E-state index in [1.165, 1.54) is 41.5 Å². The maximum atomic E-state index is 9.66. The Bertz CT molecular complexity index is 889. The maximum Gasteiger partial charge on any atom is 0.119 e. The van der Waals surface area contributed by atoms with Crippen LogP contribution < -0.4 is 4.74 Å². The number of benzene rings is 2. The molecule has 4 heteroatoms. The molecule has 0 bridgehead atoms. The van der Waals surface area contributed by atoms with Crippen LogP contribution in [-0.2, 0) is 0 Å². The van der Waals surface area contributed by atoms with Crippen LogP contribution in [-0.4, -0.2) is 43.4 Å². The third kappa shape index (κ3) is 9.95. The number of ether oxygens (including phenoxy) is 1. The van der Waals surface area contributed by atoms with Crippen molar-refractivity contribution in [1.29, 1.82) is 0 Å². The second-order valence-corrected chi connectivity index (χ2v) is 10.2. The van der Waals surface area contributed by atoms with Gasteiger partial charge in [-0.25, -0.2) is 0 Å². The minimum atomic E-state index is 0.218. The number of hydrogen-bond acceptors (Lipinski definition) is 3. The first kappa shape index (κ1) is 29.4. The van der Waals surface area contributed by atoms with Gasteiger partial charge >= 0.3 is 0 Å². The summed E-state index contributed by atoms with van der Waals surface area (Å²) in [5, 5.41) is 9.66. The summed E-state index contributed by atoms with van der Waals surface area (Å²) in [6.07, 6.45) is 9.38. The smallest absolute Gasteiger partial charge is 0.119 e. The third-order valence-electron chi connectivity index (χ3n) is 6.55. The molecule has 1 atom stereocenters. The van der Waals surface area contributed by atoms with Crippen LogP contribution in [0.15, 0.2) is 71.2 Å². The molecule has 0 aliphatic carbocycles. The van der Waals surface area contributed by atoms with Crippen LogP contribution in [0.1, 0.15) is 69.9 Å². The van der Waals surface area contributed by atoms with Gasteiger partial charge in [0.2, 0.25) is 0 Å². The normalized spacial score (nSPS) is 13.0. The molecule has 0 aliphatic rings. The molecule has 0 spiro atoms. The summed E-state index contributed by atoms with van der Waals surface area (Å²) in [7, 11) is 2.11. The Kier molecular flexibility index (Phi) is 14.0. The van der Waals surface area contributed by atoms with E-state index in [0.717, 1.165) is 49.0 Å². The van der Waals surface area contributed by atoms with Gasteiger partial charge < -0.3 is 14.7 Å². The molecule has 2 aromatic carbocycles. The van der Waals surface area contributed by atoms with E-state index in [-0.39, 0.29) is 6.61 Å². The second kappa shape index (κ2) is 16.7. The van der Waals surface area contributed by atoms with Crippen molar-refractivity contribution in [2.45, 2.75) is 58.8 Å². The molecular weight excluding hydrogens is 498 g/mol. The summed E-state index contributed by atoms with van der Waals surface area (Å²) in [6, 6.07) is 17.2. The largest absolute Gasteiger partial charge is 0.492 e. The lowest BCUT2D eigenvalue weighted by atomic mass is 9.81. The molecule has 3 nitrogen and oxygen atoms in total. The quantitative estimate of drug-likeness (QED) is 0.205. The van der Waals surface area contributed by atoms with Gasteiger partial charge in [0, 0.05) is 24.2 Å². The SMILES string of the molecule is C=CCCN(C)CCOc1ccc(/C(=C(/CCCO)C(CC)CCCC)c2ccc(Br)cc2)cc1. The predicted molar refractivity (Wildman–Crippen MR) is 154 cm³/mol. The number of halogens is 1. The molecule has 192 valence electrons. The molecule has 0 saturated carbocycles. The Morgan fingerprint density at radius 1 is 1.03 bits per heavy atom. The molecule has 2 rings (SSSR count). The average molecular weight is 543 g/mol. The molecule has 0 aliphatic heterocycles. The van der Waals surface area contributed by atoms with E-state index < -0.39 is 0 Å². The lowest BCUT2D eigenvalue weighted by Crippen LogP contribution is -2.25. The van der Waals surface area contributed by atoms with Gasteiger partial charge in [-0.15, -0.1) is 6.58 Å². The zero-order valence-corrected chi connectivity index (χ0v) is 23.5. The summed E-state index contributed by atoms with van der Waals surface area (Å²) < 4.78 is 7.12. The van der Waals surface area contributed by atoms with Crippen LogP contribution in [0.2, 0.25) is 0 Å². The minimum absolute atomic E-state index is 0.218. The Hall–Kier alpha value is -1.88. The van der Waals surface area contributed by atoms with E-state index in [0.29, 0.717) is 12.5 Å². The molecule has 0 amide bonds. The summed E-state index contributed by atoms with van der Waals surface area (Å²) in [4.78, 5) is 2.26. The Labute approximate surface area is 222 Å². The van der Waals surface area contributed by atoms with Gasteiger partial charge in [-0.05, 0) is 86.0 Å². The zero-order valence-electron chi connectivity index (χ0n) is 21.9. The van der Waals surface area contributed by atoms with Crippen molar-refractivity contribution in [3.8, 4) is 5.75 Å². The van der Waals surface area contributed by atoms with E-state index in [1.807, 2.05) is 6.08 Å². The fraction of sp³-hybridized carbons (Fsp3) is 0.484. The van der Waals surface area contributed by atoms with E-state index in [9.17, 15) is 5.11 Å². The monoisotopic (exact) mass is 541 g/mol. The summed E-state index contributed by atoms with van der Waals surface area (Å²) >= 11 is 3.59. The summed E-state index contributed by atoms with van der Waals surface area (Å²) in [5.74, 6) is 1.41. The molecule has 1 N–H and O–H groups in total. The highest BCUT2D eigenvalue weighted by Crippen LogP contribution is 2.37. The van der Waals surface area contributed by atoms with Crippen LogP contribution in [0, 0.1) is 5.92 Å². The van der Waals surface area contributed by atoms with Crippen molar-refractivity contribution in [3.63, 3.8) is 0 Å². The van der Waals surface area contributed by atoms with Gasteiger partial charge in [-0.1, -0.05) is 78.5 Å².